The van der Waals surface area contributed by atoms with Gasteiger partial charge >= 0.3 is 0 Å². The molecule has 4 heteroatoms. The highest BCUT2D eigenvalue weighted by molar-refractivity contribution is 5.74. The van der Waals surface area contributed by atoms with Crippen LogP contribution < -0.4 is 0 Å². The van der Waals surface area contributed by atoms with Gasteiger partial charge in [0.15, 0.2) is 0 Å². The van der Waals surface area contributed by atoms with Gasteiger partial charge in [0, 0.05) is 13.1 Å². The highest BCUT2D eigenvalue weighted by Gasteiger charge is 2.46. The molecule has 130 valence electrons. The molecule has 0 radical (unpaired) electrons. The van der Waals surface area contributed by atoms with E-state index in [-0.39, 0.29) is 5.66 Å². The Hall–Kier alpha value is -1.42. The van der Waals surface area contributed by atoms with Crippen molar-refractivity contribution in [3.8, 4) is 0 Å². The third kappa shape index (κ3) is 2.55. The minimum atomic E-state index is 0.0361. The summed E-state index contributed by atoms with van der Waals surface area (Å²) >= 11 is 0. The van der Waals surface area contributed by atoms with Crippen molar-refractivity contribution >= 4 is 11.0 Å². The topological polar surface area (TPSA) is 34.0 Å². The quantitative estimate of drug-likeness (QED) is 0.819. The van der Waals surface area contributed by atoms with Crippen LogP contribution >= 0.6 is 0 Å². The molecule has 2 aliphatic rings. The van der Waals surface area contributed by atoms with Crippen molar-refractivity contribution in [3.05, 3.63) is 24.3 Å². The average Bonchev–Trinajstić information content (AvgIpc) is 3.24. The molecule has 0 bridgehead atoms. The highest BCUT2D eigenvalue weighted by atomic mass is 15.5. The summed E-state index contributed by atoms with van der Waals surface area (Å²) in [6.45, 7) is 9.59. The number of fused-ring (bicyclic) bond motifs is 1. The molecule has 0 amide bonds. The maximum Gasteiger partial charge on any atom is 0.117 e. The van der Waals surface area contributed by atoms with Crippen LogP contribution in [0.15, 0.2) is 24.3 Å². The van der Waals surface area contributed by atoms with Gasteiger partial charge in [-0.3, -0.25) is 4.90 Å². The van der Waals surface area contributed by atoms with Crippen LogP contribution in [0.1, 0.15) is 59.3 Å². The van der Waals surface area contributed by atoms with Gasteiger partial charge in [-0.15, -0.1) is 5.10 Å². The monoisotopic (exact) mass is 326 g/mol. The van der Waals surface area contributed by atoms with Crippen LogP contribution in [0.3, 0.4) is 0 Å². The molecule has 0 N–H and O–H groups in total. The van der Waals surface area contributed by atoms with Crippen LogP contribution in [0.5, 0.6) is 0 Å². The molecule has 4 rings (SSSR count). The fraction of sp³-hybridized carbons (Fsp3) is 0.700. The molecule has 24 heavy (non-hydrogen) atoms. The van der Waals surface area contributed by atoms with Gasteiger partial charge in [0.05, 0.1) is 5.52 Å². The van der Waals surface area contributed by atoms with Gasteiger partial charge in [0.1, 0.15) is 11.2 Å². The lowest BCUT2D eigenvalue weighted by molar-refractivity contribution is -0.0352. The Kier molecular flexibility index (Phi) is 3.91. The molecule has 2 aromatic rings. The number of nitrogens with zero attached hydrogens (tertiary/aromatic N) is 4. The minimum Gasteiger partial charge on any atom is -0.279 e. The van der Waals surface area contributed by atoms with Crippen molar-refractivity contribution in [2.45, 2.75) is 65.0 Å². The lowest BCUT2D eigenvalue weighted by Gasteiger charge is -2.48. The summed E-state index contributed by atoms with van der Waals surface area (Å²) in [6, 6.07) is 8.43. The molecule has 2 heterocycles. The van der Waals surface area contributed by atoms with E-state index in [4.69, 9.17) is 0 Å². The van der Waals surface area contributed by atoms with E-state index < -0.39 is 0 Å². The van der Waals surface area contributed by atoms with Gasteiger partial charge in [-0.1, -0.05) is 38.1 Å². The first-order chi connectivity index (χ1) is 11.5. The van der Waals surface area contributed by atoms with Crippen molar-refractivity contribution in [1.29, 1.82) is 0 Å². The van der Waals surface area contributed by atoms with Crippen molar-refractivity contribution in [2.75, 3.05) is 13.1 Å². The molecular formula is C20H30N4. The Labute approximate surface area is 145 Å². The van der Waals surface area contributed by atoms with E-state index in [0.29, 0.717) is 5.41 Å². The first kappa shape index (κ1) is 16.1. The molecule has 2 fully saturated rings. The van der Waals surface area contributed by atoms with Crippen LogP contribution in [-0.2, 0) is 5.66 Å². The first-order valence-corrected chi connectivity index (χ1v) is 9.57. The smallest absolute Gasteiger partial charge is 0.117 e. The van der Waals surface area contributed by atoms with Gasteiger partial charge in [-0.05, 0) is 62.0 Å². The summed E-state index contributed by atoms with van der Waals surface area (Å²) in [4.78, 5) is 2.70. The van der Waals surface area contributed by atoms with Gasteiger partial charge in [0.2, 0.25) is 0 Å². The van der Waals surface area contributed by atoms with Gasteiger partial charge in [0.25, 0.3) is 0 Å². The fourth-order valence-electron chi connectivity index (χ4n) is 4.92. The van der Waals surface area contributed by atoms with Gasteiger partial charge in [-0.25, -0.2) is 4.68 Å². The zero-order valence-corrected chi connectivity index (χ0v) is 15.3. The fourth-order valence-corrected chi connectivity index (χ4v) is 4.92. The van der Waals surface area contributed by atoms with E-state index in [2.05, 4.69) is 64.9 Å². The van der Waals surface area contributed by atoms with E-state index in [0.717, 1.165) is 11.4 Å². The number of benzene rings is 1. The van der Waals surface area contributed by atoms with E-state index in [1.165, 1.54) is 57.1 Å². The molecule has 1 aliphatic carbocycles. The SMILES string of the molecule is CC(C)(C)C1CCC(N2CCCC2)(n2nnc3ccccc32)CC1. The normalized spacial score (nSPS) is 29.4. The number of hydrogen-bond donors (Lipinski definition) is 0. The second-order valence-corrected chi connectivity index (χ2v) is 8.81. The maximum atomic E-state index is 4.65. The number of rotatable bonds is 2. The maximum absolute atomic E-state index is 4.65. The second kappa shape index (κ2) is 5.83. The Balaban J connectivity index is 1.73. The van der Waals surface area contributed by atoms with Crippen molar-refractivity contribution in [3.63, 3.8) is 0 Å². The molecule has 1 saturated heterocycles. The van der Waals surface area contributed by atoms with Crippen LogP contribution in [0.4, 0.5) is 0 Å². The second-order valence-electron chi connectivity index (χ2n) is 8.81. The van der Waals surface area contributed by atoms with Gasteiger partial charge < -0.3 is 0 Å². The number of hydrogen-bond acceptors (Lipinski definition) is 3. The molecule has 0 spiro atoms. The summed E-state index contributed by atoms with van der Waals surface area (Å²) in [5, 5.41) is 9.11. The summed E-state index contributed by atoms with van der Waals surface area (Å²) in [7, 11) is 0. The zero-order chi connectivity index (χ0) is 16.8. The summed E-state index contributed by atoms with van der Waals surface area (Å²) < 4.78 is 2.27. The van der Waals surface area contributed by atoms with Crippen LogP contribution in [-0.4, -0.2) is 33.0 Å². The summed E-state index contributed by atoms with van der Waals surface area (Å²) in [5.41, 5.74) is 2.66. The predicted molar refractivity (Wildman–Crippen MR) is 97.7 cm³/mol. The molecule has 1 aromatic carbocycles. The largest absolute Gasteiger partial charge is 0.279 e. The third-order valence-electron chi connectivity index (χ3n) is 6.45. The Bertz CT molecular complexity index is 698. The molecule has 4 nitrogen and oxygen atoms in total. The Morgan fingerprint density at radius 2 is 1.71 bits per heavy atom. The molecule has 0 unspecified atom stereocenters. The summed E-state index contributed by atoms with van der Waals surface area (Å²) in [5.74, 6) is 0.808. The van der Waals surface area contributed by atoms with E-state index >= 15 is 0 Å². The molecule has 1 saturated carbocycles. The van der Waals surface area contributed by atoms with E-state index in [1.807, 2.05) is 0 Å². The molecular weight excluding hydrogens is 296 g/mol. The standard InChI is InChI=1S/C20H30N4/c1-19(2,3)16-10-12-20(13-11-16,23-14-6-7-15-23)24-18-9-5-4-8-17(18)21-22-24/h4-5,8-9,16H,6-7,10-15H2,1-3H3. The Morgan fingerprint density at radius 1 is 1.04 bits per heavy atom. The summed E-state index contributed by atoms with van der Waals surface area (Å²) in [6.07, 6.45) is 7.60. The van der Waals surface area contributed by atoms with Crippen LogP contribution in [0, 0.1) is 11.3 Å². The van der Waals surface area contributed by atoms with Crippen LogP contribution in [0.25, 0.3) is 11.0 Å². The van der Waals surface area contributed by atoms with Crippen molar-refractivity contribution in [1.82, 2.24) is 19.9 Å². The zero-order valence-electron chi connectivity index (χ0n) is 15.3. The lowest BCUT2D eigenvalue weighted by atomic mass is 9.69. The minimum absolute atomic E-state index is 0.0361. The first-order valence-electron chi connectivity index (χ1n) is 9.57. The van der Waals surface area contributed by atoms with Gasteiger partial charge in [-0.2, -0.15) is 0 Å². The number of para-hydroxylation sites is 1. The third-order valence-corrected chi connectivity index (χ3v) is 6.45. The average molecular weight is 326 g/mol. The Morgan fingerprint density at radius 3 is 2.38 bits per heavy atom. The highest BCUT2D eigenvalue weighted by Crippen LogP contribution is 2.47. The predicted octanol–water partition coefficient (Wildman–Crippen LogP) is 4.42. The van der Waals surface area contributed by atoms with E-state index in [9.17, 15) is 0 Å². The van der Waals surface area contributed by atoms with Crippen molar-refractivity contribution in [2.24, 2.45) is 11.3 Å². The van der Waals surface area contributed by atoms with E-state index in [1.54, 1.807) is 0 Å². The van der Waals surface area contributed by atoms with Crippen LogP contribution in [0.2, 0.25) is 0 Å². The molecule has 1 aliphatic heterocycles. The molecule has 1 aromatic heterocycles. The van der Waals surface area contributed by atoms with Crippen molar-refractivity contribution < 1.29 is 0 Å². The molecule has 0 atom stereocenters. The lowest BCUT2D eigenvalue weighted by Crippen LogP contribution is -2.52. The number of aromatic nitrogens is 3. The number of likely N-dealkylation sites (tertiary alicyclic amines) is 1.